The second-order valence-electron chi connectivity index (χ2n) is 4.05. The van der Waals surface area contributed by atoms with Gasteiger partial charge in [-0.2, -0.15) is 0 Å². The summed E-state index contributed by atoms with van der Waals surface area (Å²) in [5.74, 6) is 0. The van der Waals surface area contributed by atoms with Crippen molar-refractivity contribution in [3.05, 3.63) is 0 Å². The molecular formula is C10H21FN2. The molecule has 0 aromatic rings. The van der Waals surface area contributed by atoms with E-state index in [-0.39, 0.29) is 6.67 Å². The van der Waals surface area contributed by atoms with E-state index in [1.807, 2.05) is 0 Å². The minimum absolute atomic E-state index is 0.199. The number of rotatable bonds is 4. The van der Waals surface area contributed by atoms with Crippen LogP contribution in [0, 0.1) is 0 Å². The molecule has 2 atom stereocenters. The highest BCUT2D eigenvalue weighted by atomic mass is 19.1. The van der Waals surface area contributed by atoms with Gasteiger partial charge in [-0.15, -0.1) is 0 Å². The van der Waals surface area contributed by atoms with E-state index < -0.39 is 0 Å². The lowest BCUT2D eigenvalue weighted by atomic mass is 9.99. The summed E-state index contributed by atoms with van der Waals surface area (Å²) in [5.41, 5.74) is 0. The van der Waals surface area contributed by atoms with Gasteiger partial charge in [-0.1, -0.05) is 0 Å². The van der Waals surface area contributed by atoms with Crippen molar-refractivity contribution in [1.29, 1.82) is 0 Å². The molecule has 1 aliphatic heterocycles. The number of nitrogens with zero attached hydrogens (tertiary/aromatic N) is 1. The van der Waals surface area contributed by atoms with Gasteiger partial charge in [0.05, 0.1) is 6.67 Å². The fourth-order valence-corrected chi connectivity index (χ4v) is 1.85. The average Bonchev–Trinajstić information content (AvgIpc) is 2.12. The first-order valence-corrected chi connectivity index (χ1v) is 5.23. The standard InChI is InChI=1S/C10H21FN2/c1-9-8-10(4-7-13(9)2)12-6-3-5-11/h9-10,12H,3-8H2,1-2H3. The number of hydrogen-bond donors (Lipinski definition) is 1. The molecule has 1 rings (SSSR count). The zero-order chi connectivity index (χ0) is 9.68. The number of alkyl halides is 1. The molecule has 1 N–H and O–H groups in total. The molecule has 0 saturated carbocycles. The van der Waals surface area contributed by atoms with Crippen LogP contribution in [0.1, 0.15) is 26.2 Å². The van der Waals surface area contributed by atoms with Gasteiger partial charge in [-0.3, -0.25) is 4.39 Å². The monoisotopic (exact) mass is 188 g/mol. The largest absolute Gasteiger partial charge is 0.314 e. The summed E-state index contributed by atoms with van der Waals surface area (Å²) >= 11 is 0. The number of piperidine rings is 1. The molecule has 2 nitrogen and oxygen atoms in total. The Balaban J connectivity index is 2.14. The first-order chi connectivity index (χ1) is 6.24. The molecule has 1 fully saturated rings. The van der Waals surface area contributed by atoms with Crippen LogP contribution in [0.2, 0.25) is 0 Å². The molecule has 0 spiro atoms. The number of halogens is 1. The van der Waals surface area contributed by atoms with Gasteiger partial charge in [0.2, 0.25) is 0 Å². The lowest BCUT2D eigenvalue weighted by molar-refractivity contribution is 0.168. The highest BCUT2D eigenvalue weighted by Crippen LogP contribution is 2.14. The lowest BCUT2D eigenvalue weighted by Crippen LogP contribution is -2.45. The summed E-state index contributed by atoms with van der Waals surface area (Å²) in [6, 6.07) is 1.27. The number of likely N-dealkylation sites (tertiary alicyclic amines) is 1. The molecule has 13 heavy (non-hydrogen) atoms. The second-order valence-corrected chi connectivity index (χ2v) is 4.05. The highest BCUT2D eigenvalue weighted by molar-refractivity contribution is 4.80. The van der Waals surface area contributed by atoms with Gasteiger partial charge < -0.3 is 10.2 Å². The van der Waals surface area contributed by atoms with Crippen LogP contribution in [-0.2, 0) is 0 Å². The maximum Gasteiger partial charge on any atom is 0.0906 e. The van der Waals surface area contributed by atoms with E-state index in [0.29, 0.717) is 18.5 Å². The van der Waals surface area contributed by atoms with E-state index in [1.54, 1.807) is 0 Å². The van der Waals surface area contributed by atoms with E-state index >= 15 is 0 Å². The molecule has 2 unspecified atom stereocenters. The maximum absolute atomic E-state index is 11.8. The first-order valence-electron chi connectivity index (χ1n) is 5.23. The molecule has 0 bridgehead atoms. The van der Waals surface area contributed by atoms with Crippen molar-refractivity contribution in [2.75, 3.05) is 26.8 Å². The lowest BCUT2D eigenvalue weighted by Gasteiger charge is -2.35. The Hall–Kier alpha value is -0.150. The quantitative estimate of drug-likeness (QED) is 0.671. The number of nitrogens with one attached hydrogen (secondary N) is 1. The van der Waals surface area contributed by atoms with Crippen LogP contribution in [0.3, 0.4) is 0 Å². The zero-order valence-electron chi connectivity index (χ0n) is 8.72. The van der Waals surface area contributed by atoms with E-state index in [0.717, 1.165) is 13.1 Å². The fourth-order valence-electron chi connectivity index (χ4n) is 1.85. The van der Waals surface area contributed by atoms with Gasteiger partial charge in [0.15, 0.2) is 0 Å². The summed E-state index contributed by atoms with van der Waals surface area (Å²) < 4.78 is 11.8. The molecule has 0 radical (unpaired) electrons. The summed E-state index contributed by atoms with van der Waals surface area (Å²) in [5, 5.41) is 3.41. The molecular weight excluding hydrogens is 167 g/mol. The Morgan fingerprint density at radius 3 is 2.92 bits per heavy atom. The predicted octanol–water partition coefficient (Wildman–Crippen LogP) is 1.42. The van der Waals surface area contributed by atoms with Crippen LogP contribution in [0.25, 0.3) is 0 Å². The third-order valence-electron chi connectivity index (χ3n) is 2.95. The van der Waals surface area contributed by atoms with Crippen molar-refractivity contribution in [1.82, 2.24) is 10.2 Å². The van der Waals surface area contributed by atoms with Crippen molar-refractivity contribution in [3.63, 3.8) is 0 Å². The van der Waals surface area contributed by atoms with Gasteiger partial charge in [0.25, 0.3) is 0 Å². The van der Waals surface area contributed by atoms with Crippen LogP contribution in [-0.4, -0.2) is 43.8 Å². The molecule has 1 saturated heterocycles. The molecule has 1 aliphatic rings. The predicted molar refractivity (Wildman–Crippen MR) is 53.7 cm³/mol. The fraction of sp³-hybridized carbons (Fsp3) is 1.00. The normalized spacial score (nSPS) is 30.7. The minimum Gasteiger partial charge on any atom is -0.314 e. The van der Waals surface area contributed by atoms with Gasteiger partial charge in [-0.25, -0.2) is 0 Å². The second kappa shape index (κ2) is 5.55. The van der Waals surface area contributed by atoms with Gasteiger partial charge in [0, 0.05) is 12.1 Å². The number of hydrogen-bond acceptors (Lipinski definition) is 2. The van der Waals surface area contributed by atoms with Crippen LogP contribution in [0.15, 0.2) is 0 Å². The summed E-state index contributed by atoms with van der Waals surface area (Å²) in [6.45, 7) is 4.05. The molecule has 1 heterocycles. The molecule has 0 aliphatic carbocycles. The zero-order valence-corrected chi connectivity index (χ0v) is 8.72. The van der Waals surface area contributed by atoms with Gasteiger partial charge >= 0.3 is 0 Å². The van der Waals surface area contributed by atoms with Gasteiger partial charge in [-0.05, 0) is 46.3 Å². The third kappa shape index (κ3) is 3.61. The van der Waals surface area contributed by atoms with Gasteiger partial charge in [0.1, 0.15) is 0 Å². The third-order valence-corrected chi connectivity index (χ3v) is 2.95. The summed E-state index contributed by atoms with van der Waals surface area (Å²) in [7, 11) is 2.17. The Kier molecular flexibility index (Phi) is 4.67. The van der Waals surface area contributed by atoms with Crippen molar-refractivity contribution in [2.24, 2.45) is 0 Å². The van der Waals surface area contributed by atoms with E-state index in [9.17, 15) is 4.39 Å². The Bertz CT molecular complexity index is 141. The van der Waals surface area contributed by atoms with Crippen molar-refractivity contribution in [2.45, 2.75) is 38.3 Å². The van der Waals surface area contributed by atoms with Crippen molar-refractivity contribution >= 4 is 0 Å². The Labute approximate surface area is 80.5 Å². The molecule has 78 valence electrons. The van der Waals surface area contributed by atoms with E-state index in [2.05, 4.69) is 24.2 Å². The summed E-state index contributed by atoms with van der Waals surface area (Å²) in [6.07, 6.45) is 3.05. The van der Waals surface area contributed by atoms with E-state index in [4.69, 9.17) is 0 Å². The average molecular weight is 188 g/mol. The SMILES string of the molecule is CC1CC(NCCCF)CCN1C. The smallest absolute Gasteiger partial charge is 0.0906 e. The van der Waals surface area contributed by atoms with Crippen LogP contribution < -0.4 is 5.32 Å². The Morgan fingerprint density at radius 2 is 2.31 bits per heavy atom. The summed E-state index contributed by atoms with van der Waals surface area (Å²) in [4.78, 5) is 2.38. The van der Waals surface area contributed by atoms with Crippen molar-refractivity contribution < 1.29 is 4.39 Å². The van der Waals surface area contributed by atoms with Crippen LogP contribution in [0.5, 0.6) is 0 Å². The minimum atomic E-state index is -0.199. The van der Waals surface area contributed by atoms with Crippen molar-refractivity contribution in [3.8, 4) is 0 Å². The van der Waals surface area contributed by atoms with Crippen LogP contribution in [0.4, 0.5) is 4.39 Å². The topological polar surface area (TPSA) is 15.3 Å². The molecule has 0 amide bonds. The highest BCUT2D eigenvalue weighted by Gasteiger charge is 2.21. The maximum atomic E-state index is 11.8. The molecule has 0 aromatic carbocycles. The Morgan fingerprint density at radius 1 is 1.54 bits per heavy atom. The van der Waals surface area contributed by atoms with Crippen LogP contribution >= 0.6 is 0 Å². The molecule has 3 heteroatoms. The molecule has 0 aromatic heterocycles. The van der Waals surface area contributed by atoms with E-state index in [1.165, 1.54) is 12.8 Å². The first kappa shape index (κ1) is 10.9.